The summed E-state index contributed by atoms with van der Waals surface area (Å²) in [6.45, 7) is 30.2. The van der Waals surface area contributed by atoms with Crippen LogP contribution >= 0.6 is 0 Å². The summed E-state index contributed by atoms with van der Waals surface area (Å²) >= 11 is 0. The zero-order chi connectivity index (χ0) is 34.5. The highest BCUT2D eigenvalue weighted by atomic mass is 79.9. The van der Waals surface area contributed by atoms with E-state index in [1.165, 1.54) is 241 Å². The monoisotopic (exact) mass is 749 g/mol. The van der Waals surface area contributed by atoms with Crippen molar-refractivity contribution in [3.05, 3.63) is 0 Å². The molecule has 0 saturated carbocycles. The van der Waals surface area contributed by atoms with E-state index in [9.17, 15) is 0 Å². The smallest absolute Gasteiger partial charge is 0.0786 e. The molecule has 0 rings (SSSR count). The van der Waals surface area contributed by atoms with Crippen LogP contribution in [0, 0.1) is 0 Å². The van der Waals surface area contributed by atoms with Crippen molar-refractivity contribution in [2.45, 2.75) is 235 Å². The van der Waals surface area contributed by atoms with E-state index in [0.717, 1.165) is 0 Å². The minimum Gasteiger partial charge on any atom is -1.00 e. The third-order valence-corrected chi connectivity index (χ3v) is 10.9. The van der Waals surface area contributed by atoms with E-state index in [-0.39, 0.29) is 22.5 Å². The summed E-state index contributed by atoms with van der Waals surface area (Å²) in [5.74, 6) is 0. The molecule has 0 aliphatic rings. The lowest BCUT2D eigenvalue weighted by molar-refractivity contribution is -0.929. The first-order chi connectivity index (χ1) is 22.5. The molecule has 0 atom stereocenters. The van der Waals surface area contributed by atoms with Gasteiger partial charge in [-0.15, -0.1) is 0 Å². The van der Waals surface area contributed by atoms with Crippen molar-refractivity contribution in [3.8, 4) is 0 Å². The Kier molecular flexibility index (Phi) is 50.0. The average molecular weight is 750 g/mol. The van der Waals surface area contributed by atoms with E-state index in [0.29, 0.717) is 0 Å². The van der Waals surface area contributed by atoms with Gasteiger partial charge in [0.1, 0.15) is 0 Å². The largest absolute Gasteiger partial charge is 1.00 e. The molecule has 0 aromatic heterocycles. The molecule has 0 spiro atoms. The van der Waals surface area contributed by atoms with E-state index < -0.39 is 0 Å². The van der Waals surface area contributed by atoms with Crippen LogP contribution in [0.2, 0.25) is 0 Å². The molecule has 4 heteroatoms. The maximum atomic E-state index is 2.34. The fourth-order valence-electron chi connectivity index (χ4n) is 7.52. The van der Waals surface area contributed by atoms with Crippen molar-refractivity contribution in [1.82, 2.24) is 0 Å². The first-order valence-corrected chi connectivity index (χ1v) is 22.2. The molecule has 0 aliphatic heterocycles. The number of hydrogen-bond acceptors (Lipinski definition) is 1. The molecule has 0 amide bonds. The molecule has 0 fully saturated rings. The Hall–Kier alpha value is 0.360. The van der Waals surface area contributed by atoms with Crippen LogP contribution < -0.4 is 17.0 Å². The molecule has 3 nitrogen and oxygen atoms in total. The summed E-state index contributed by atoms with van der Waals surface area (Å²) in [5, 5.41) is 0. The minimum absolute atomic E-state index is 0. The zero-order valence-corrected chi connectivity index (χ0v) is 36.8. The topological polar surface area (TPSA) is 30.0 Å². The predicted molar refractivity (Wildman–Crippen MR) is 216 cm³/mol. The van der Waals surface area contributed by atoms with Crippen LogP contribution in [0.3, 0.4) is 0 Å². The lowest BCUT2D eigenvalue weighted by Gasteiger charge is -2.39. The summed E-state index contributed by atoms with van der Waals surface area (Å²) < 4.78 is 2.89. The molecule has 0 heterocycles. The fourth-order valence-corrected chi connectivity index (χ4v) is 7.52. The number of halogens is 1. The lowest BCUT2D eigenvalue weighted by Crippen LogP contribution is -3.00. The molecular formula is C44H97BrN2O. The van der Waals surface area contributed by atoms with Gasteiger partial charge in [0.05, 0.1) is 52.4 Å². The van der Waals surface area contributed by atoms with Crippen molar-refractivity contribution in [2.24, 2.45) is 0 Å². The van der Waals surface area contributed by atoms with E-state index in [1.807, 2.05) is 0 Å². The second kappa shape index (κ2) is 43.5. The van der Waals surface area contributed by atoms with Gasteiger partial charge >= 0.3 is 0 Å². The third-order valence-electron chi connectivity index (χ3n) is 10.9. The Morgan fingerprint density at radius 3 is 0.521 bits per heavy atom. The molecule has 0 saturated heterocycles. The molecule has 0 aromatic rings. The summed E-state index contributed by atoms with van der Waals surface area (Å²) in [5.41, 5.74) is 0. The highest BCUT2D eigenvalue weighted by molar-refractivity contribution is 4.55. The minimum atomic E-state index is 0. The van der Waals surface area contributed by atoms with Gasteiger partial charge in [-0.3, -0.25) is 0 Å². The van der Waals surface area contributed by atoms with Crippen LogP contribution in [-0.4, -0.2) is 66.8 Å². The average Bonchev–Trinajstić information content (AvgIpc) is 3.07. The SMILES string of the molecule is CCCCCCC[N+](CCCCCCC)(CCCCCCC)CCCCCCC.CCCC[N+](CCCC)(CCCC)CCCC.[Br-].[OH-]. The van der Waals surface area contributed by atoms with Crippen LogP contribution in [0.25, 0.3) is 0 Å². The van der Waals surface area contributed by atoms with Crippen molar-refractivity contribution >= 4 is 0 Å². The summed E-state index contributed by atoms with van der Waals surface area (Å²) in [6, 6.07) is 0. The van der Waals surface area contributed by atoms with Crippen LogP contribution in [0.5, 0.6) is 0 Å². The Balaban J connectivity index is -0.000000438. The highest BCUT2D eigenvalue weighted by Crippen LogP contribution is 2.21. The van der Waals surface area contributed by atoms with Gasteiger partial charge in [-0.25, -0.2) is 0 Å². The summed E-state index contributed by atoms with van der Waals surface area (Å²) in [6.07, 6.45) is 39.9. The van der Waals surface area contributed by atoms with Crippen LogP contribution in [0.4, 0.5) is 0 Å². The molecule has 48 heavy (non-hydrogen) atoms. The second-order valence-electron chi connectivity index (χ2n) is 15.5. The van der Waals surface area contributed by atoms with Gasteiger partial charge in [-0.2, -0.15) is 0 Å². The number of hydrogen-bond donors (Lipinski definition) is 0. The maximum absolute atomic E-state index is 2.34. The van der Waals surface area contributed by atoms with Gasteiger partial charge < -0.3 is 31.4 Å². The summed E-state index contributed by atoms with van der Waals surface area (Å²) in [7, 11) is 0. The molecule has 0 unspecified atom stereocenters. The van der Waals surface area contributed by atoms with Gasteiger partial charge in [0.2, 0.25) is 0 Å². The first kappa shape index (κ1) is 55.1. The van der Waals surface area contributed by atoms with E-state index >= 15 is 0 Å². The molecule has 1 N–H and O–H groups in total. The Labute approximate surface area is 317 Å². The third kappa shape index (κ3) is 34.8. The zero-order valence-electron chi connectivity index (χ0n) is 35.2. The van der Waals surface area contributed by atoms with E-state index in [1.54, 1.807) is 0 Å². The second-order valence-corrected chi connectivity index (χ2v) is 15.5. The van der Waals surface area contributed by atoms with Crippen LogP contribution in [0.15, 0.2) is 0 Å². The van der Waals surface area contributed by atoms with E-state index in [4.69, 9.17) is 0 Å². The molecule has 0 bridgehead atoms. The van der Waals surface area contributed by atoms with Gasteiger partial charge in [-0.1, -0.05) is 158 Å². The molecular weight excluding hydrogens is 652 g/mol. The number of nitrogens with zero attached hydrogens (tertiary/aromatic N) is 2. The number of unbranched alkanes of at least 4 members (excludes halogenated alkanes) is 20. The standard InChI is InChI=1S/C28H60N.C16H36N.BrH.H2O/c1-5-9-13-17-21-25-29(26-22-18-14-10-6-2,27-23-19-15-11-7-3)28-24-20-16-12-8-4;1-5-9-13-17(14-10-6-2,15-11-7-3)16-12-8-4;;/h5-28H2,1-4H3;5-16H2,1-4H3;1H;1H2/q2*+1;;/p-2. The molecule has 0 radical (unpaired) electrons. The van der Waals surface area contributed by atoms with Gasteiger partial charge in [-0.05, 0) is 77.0 Å². The van der Waals surface area contributed by atoms with Crippen molar-refractivity contribution in [3.63, 3.8) is 0 Å². The number of quaternary nitrogens is 2. The van der Waals surface area contributed by atoms with Crippen molar-refractivity contribution < 1.29 is 31.4 Å². The van der Waals surface area contributed by atoms with Crippen LogP contribution in [0.1, 0.15) is 235 Å². The van der Waals surface area contributed by atoms with Crippen molar-refractivity contribution in [1.29, 1.82) is 0 Å². The highest BCUT2D eigenvalue weighted by Gasteiger charge is 2.26. The van der Waals surface area contributed by atoms with Gasteiger partial charge in [0.15, 0.2) is 0 Å². The van der Waals surface area contributed by atoms with Crippen molar-refractivity contribution in [2.75, 3.05) is 52.4 Å². The summed E-state index contributed by atoms with van der Waals surface area (Å²) in [4.78, 5) is 0. The molecule has 0 aromatic carbocycles. The molecule has 296 valence electrons. The molecule has 0 aliphatic carbocycles. The quantitative estimate of drug-likeness (QED) is 0.0463. The Morgan fingerprint density at radius 1 is 0.208 bits per heavy atom. The predicted octanol–water partition coefficient (Wildman–Crippen LogP) is 11.5. The first-order valence-electron chi connectivity index (χ1n) is 22.2. The van der Waals surface area contributed by atoms with E-state index in [2.05, 4.69) is 55.4 Å². The Morgan fingerprint density at radius 2 is 0.354 bits per heavy atom. The normalized spacial score (nSPS) is 11.5. The maximum Gasteiger partial charge on any atom is 0.0786 e. The van der Waals surface area contributed by atoms with Crippen LogP contribution in [-0.2, 0) is 0 Å². The fraction of sp³-hybridized carbons (Fsp3) is 1.00. The lowest BCUT2D eigenvalue weighted by atomic mass is 10.1. The van der Waals surface area contributed by atoms with Gasteiger partial charge in [0.25, 0.3) is 0 Å². The number of rotatable bonds is 36. The Bertz CT molecular complexity index is 459. The van der Waals surface area contributed by atoms with Gasteiger partial charge in [0, 0.05) is 0 Å².